The van der Waals surface area contributed by atoms with Crippen molar-refractivity contribution in [3.63, 3.8) is 0 Å². The first-order valence-corrected chi connectivity index (χ1v) is 17.9. The minimum Gasteiger partial charge on any atom is -1.00 e. The van der Waals surface area contributed by atoms with Crippen molar-refractivity contribution in [2.24, 2.45) is 0 Å². The largest absolute Gasteiger partial charge is 1.00 e. The van der Waals surface area contributed by atoms with E-state index >= 15 is 0 Å². The Labute approximate surface area is 307 Å². The number of hydrogen-bond acceptors (Lipinski definition) is 3. The summed E-state index contributed by atoms with van der Waals surface area (Å²) in [4.78, 5) is 12.6. The Morgan fingerprint density at radius 3 is 1.25 bits per heavy atom. The van der Waals surface area contributed by atoms with E-state index in [0.29, 0.717) is 32.5 Å². The van der Waals surface area contributed by atoms with Crippen LogP contribution in [0, 0.1) is 23.7 Å². The predicted octanol–water partition coefficient (Wildman–Crippen LogP) is 6.89. The number of benzene rings is 2. The molecule has 0 aliphatic heterocycles. The summed E-state index contributed by atoms with van der Waals surface area (Å²) < 4.78 is 1.42. The molecule has 2 amide bonds. The third kappa shape index (κ3) is 19.5. The molecule has 0 bridgehead atoms. The van der Waals surface area contributed by atoms with Gasteiger partial charge in [-0.15, -0.1) is 0 Å². The quantitative estimate of drug-likeness (QED) is 0.127. The summed E-state index contributed by atoms with van der Waals surface area (Å²) in [6.07, 6.45) is 11.1. The maximum atomic E-state index is 12.6. The highest BCUT2D eigenvalue weighted by Gasteiger charge is 2.24. The van der Waals surface area contributed by atoms with Gasteiger partial charge in [-0.1, -0.05) is 100 Å². The lowest BCUT2D eigenvalue weighted by Crippen LogP contribution is -3.00. The number of hydrogen-bond donors (Lipinski definition) is 4. The van der Waals surface area contributed by atoms with E-state index in [9.17, 15) is 15.0 Å². The normalized spacial score (nSPS) is 11.1. The summed E-state index contributed by atoms with van der Waals surface area (Å²) in [6, 6.07) is 9.14. The monoisotopic (exact) mass is 721 g/mol. The van der Waals surface area contributed by atoms with E-state index in [-0.39, 0.29) is 12.4 Å². The van der Waals surface area contributed by atoms with Crippen LogP contribution in [-0.4, -0.2) is 58.1 Å². The number of rotatable bonds is 14. The Balaban J connectivity index is 0.00000105. The van der Waals surface area contributed by atoms with Gasteiger partial charge in [-0.25, -0.2) is 4.79 Å². The lowest BCUT2D eigenvalue weighted by Gasteiger charge is -2.39. The molecule has 0 atom stereocenters. The molecule has 48 heavy (non-hydrogen) atoms. The van der Waals surface area contributed by atoms with Crippen LogP contribution in [0.1, 0.15) is 118 Å². The molecule has 0 saturated heterocycles. The number of aliphatic hydroxyl groups is 2. The molecule has 0 aliphatic carbocycles. The molecule has 9 heteroatoms. The molecule has 2 aromatic rings. The van der Waals surface area contributed by atoms with Crippen LogP contribution in [0.25, 0.3) is 0 Å². The fourth-order valence-electron chi connectivity index (χ4n) is 4.82. The summed E-state index contributed by atoms with van der Waals surface area (Å²) in [5.74, 6) is 11.0. The van der Waals surface area contributed by atoms with Gasteiger partial charge >= 0.3 is 6.03 Å². The number of quaternary nitrogens is 1. The minimum absolute atomic E-state index is 0. The van der Waals surface area contributed by atoms with Crippen molar-refractivity contribution >= 4 is 40.6 Å². The Morgan fingerprint density at radius 2 is 0.979 bits per heavy atom. The lowest BCUT2D eigenvalue weighted by atomic mass is 10.1. The Hall–Kier alpha value is -2.42. The molecule has 0 unspecified atom stereocenters. The van der Waals surface area contributed by atoms with Gasteiger partial charge in [0.2, 0.25) is 0 Å². The van der Waals surface area contributed by atoms with Crippen molar-refractivity contribution in [3.05, 3.63) is 57.6 Å². The van der Waals surface area contributed by atoms with Gasteiger partial charge in [0.1, 0.15) is 11.2 Å². The van der Waals surface area contributed by atoms with Gasteiger partial charge in [-0.3, -0.25) is 0 Å². The van der Waals surface area contributed by atoms with Crippen LogP contribution >= 0.6 is 23.2 Å². The molecule has 6 nitrogen and oxygen atoms in total. The summed E-state index contributed by atoms with van der Waals surface area (Å²) in [6.45, 7) is 21.2. The molecule has 0 aromatic heterocycles. The minimum atomic E-state index is -1.20. The topological polar surface area (TPSA) is 81.6 Å². The maximum absolute atomic E-state index is 12.6. The standard InChI is InChI=1S/C23H22Cl2N2O3.C16H36N.ClH/c1-22(2,29)11-9-15-13-17(24)5-7-19(15)26-21(28)27-20-8-6-18(25)14-16(20)10-12-23(3,4)30;1-5-9-13-17(14-10-6-2,15-11-7-3)16-12-8-4;/h5-8,13-14,29-30H,1-4H3,(H2,26,27,28);5-16H2,1-4H3;1H/q;+1;/p-1. The van der Waals surface area contributed by atoms with Gasteiger partial charge < -0.3 is 37.7 Å². The van der Waals surface area contributed by atoms with E-state index in [4.69, 9.17) is 23.2 Å². The van der Waals surface area contributed by atoms with Crippen LogP contribution in [-0.2, 0) is 0 Å². The van der Waals surface area contributed by atoms with Gasteiger partial charge in [0.05, 0.1) is 37.6 Å². The molecule has 0 radical (unpaired) electrons. The van der Waals surface area contributed by atoms with Crippen LogP contribution < -0.4 is 23.0 Å². The fourth-order valence-corrected chi connectivity index (χ4v) is 5.16. The number of halogens is 3. The zero-order valence-corrected chi connectivity index (χ0v) is 32.6. The van der Waals surface area contributed by atoms with Gasteiger partial charge in [-0.05, 0) is 89.8 Å². The van der Waals surface area contributed by atoms with Gasteiger partial charge in [0.15, 0.2) is 0 Å². The highest BCUT2D eigenvalue weighted by molar-refractivity contribution is 6.31. The first-order valence-electron chi connectivity index (χ1n) is 17.1. The molecule has 0 fully saturated rings. The molecule has 0 spiro atoms. The summed E-state index contributed by atoms with van der Waals surface area (Å²) in [7, 11) is 0. The van der Waals surface area contributed by atoms with Gasteiger partial charge in [0.25, 0.3) is 0 Å². The van der Waals surface area contributed by atoms with Crippen molar-refractivity contribution in [1.82, 2.24) is 0 Å². The Bertz CT molecular complexity index is 1250. The van der Waals surface area contributed by atoms with E-state index in [1.54, 1.807) is 64.1 Å². The Kier molecular flexibility index (Phi) is 21.9. The second kappa shape index (κ2) is 23.1. The predicted molar refractivity (Wildman–Crippen MR) is 201 cm³/mol. The number of nitrogens with zero attached hydrogens (tertiary/aromatic N) is 1. The van der Waals surface area contributed by atoms with E-state index in [1.165, 1.54) is 82.0 Å². The smallest absolute Gasteiger partial charge is 0.323 e. The fraction of sp³-hybridized carbons (Fsp3) is 0.564. The third-order valence-corrected chi connectivity index (χ3v) is 7.88. The van der Waals surface area contributed by atoms with Crippen LogP contribution in [0.3, 0.4) is 0 Å². The summed E-state index contributed by atoms with van der Waals surface area (Å²) >= 11 is 12.1. The average molecular weight is 723 g/mol. The SMILES string of the molecule is CC(C)(O)C#Cc1cc(Cl)ccc1NC(=O)Nc1ccc(Cl)cc1C#CC(C)(C)O.CCCC[N+](CCCC)(CCCC)CCCC.[Cl-]. The van der Waals surface area contributed by atoms with Crippen molar-refractivity contribution in [1.29, 1.82) is 0 Å². The van der Waals surface area contributed by atoms with Crippen LogP contribution in [0.15, 0.2) is 36.4 Å². The summed E-state index contributed by atoms with van der Waals surface area (Å²) in [5.41, 5.74) is -0.632. The molecule has 0 saturated carbocycles. The molecule has 0 heterocycles. The van der Waals surface area contributed by atoms with Crippen molar-refractivity contribution in [2.45, 2.75) is 118 Å². The number of anilines is 2. The van der Waals surface area contributed by atoms with E-state index in [1.807, 2.05) is 0 Å². The van der Waals surface area contributed by atoms with Crippen LogP contribution in [0.5, 0.6) is 0 Å². The lowest BCUT2D eigenvalue weighted by molar-refractivity contribution is -0.929. The average Bonchev–Trinajstić information content (AvgIpc) is 3.00. The van der Waals surface area contributed by atoms with Crippen LogP contribution in [0.4, 0.5) is 16.2 Å². The number of amides is 2. The molecule has 0 aliphatic rings. The zero-order chi connectivity index (χ0) is 35.5. The number of carbonyl (C=O) groups is 1. The molecule has 268 valence electrons. The molecule has 2 aromatic carbocycles. The van der Waals surface area contributed by atoms with Gasteiger partial charge in [0, 0.05) is 21.2 Å². The second-order valence-corrected chi connectivity index (χ2v) is 14.1. The first kappa shape index (κ1) is 45.6. The highest BCUT2D eigenvalue weighted by Crippen LogP contribution is 2.23. The molecule has 4 N–H and O–H groups in total. The number of nitrogens with one attached hydrogen (secondary N) is 2. The van der Waals surface area contributed by atoms with Crippen molar-refractivity contribution < 1.29 is 31.9 Å². The summed E-state index contributed by atoms with van der Waals surface area (Å²) in [5, 5.41) is 26.0. The highest BCUT2D eigenvalue weighted by atomic mass is 35.5. The molecule has 2 rings (SSSR count). The molecular weight excluding hydrogens is 665 g/mol. The van der Waals surface area contributed by atoms with Crippen molar-refractivity contribution in [3.8, 4) is 23.7 Å². The van der Waals surface area contributed by atoms with Gasteiger partial charge in [-0.2, -0.15) is 0 Å². The first-order chi connectivity index (χ1) is 22.1. The van der Waals surface area contributed by atoms with E-state index in [2.05, 4.69) is 62.0 Å². The zero-order valence-electron chi connectivity index (χ0n) is 30.3. The second-order valence-electron chi connectivity index (χ2n) is 13.2. The van der Waals surface area contributed by atoms with Crippen molar-refractivity contribution in [2.75, 3.05) is 36.8 Å². The third-order valence-electron chi connectivity index (χ3n) is 7.41. The Morgan fingerprint density at radius 1 is 0.667 bits per heavy atom. The van der Waals surface area contributed by atoms with E-state index < -0.39 is 17.2 Å². The number of carbonyl (C=O) groups excluding carboxylic acids is 1. The van der Waals surface area contributed by atoms with Crippen LogP contribution in [0.2, 0.25) is 10.0 Å². The number of unbranched alkanes of at least 4 members (excludes halogenated alkanes) is 4. The van der Waals surface area contributed by atoms with E-state index in [0.717, 1.165) is 0 Å². The maximum Gasteiger partial charge on any atom is 0.323 e. The number of urea groups is 1. The molecular formula is C39H58Cl3N3O3.